The molecule has 0 atom stereocenters. The van der Waals surface area contributed by atoms with Crippen molar-refractivity contribution >= 4 is 23.2 Å². The molecule has 0 amide bonds. The second-order valence-electron chi connectivity index (χ2n) is 6.56. The van der Waals surface area contributed by atoms with Gasteiger partial charge in [-0.2, -0.15) is 4.98 Å². The van der Waals surface area contributed by atoms with Crippen LogP contribution >= 0.6 is 0 Å². The van der Waals surface area contributed by atoms with Crippen molar-refractivity contribution < 1.29 is 0 Å². The van der Waals surface area contributed by atoms with Crippen molar-refractivity contribution in [3.05, 3.63) is 72.8 Å². The first-order valence-electron chi connectivity index (χ1n) is 9.02. The van der Waals surface area contributed by atoms with Gasteiger partial charge in [-0.05, 0) is 36.6 Å². The average molecular weight is 354 g/mol. The maximum absolute atomic E-state index is 4.78. The van der Waals surface area contributed by atoms with Crippen LogP contribution < -0.4 is 5.32 Å². The van der Waals surface area contributed by atoms with Crippen molar-refractivity contribution in [2.75, 3.05) is 5.32 Å². The Labute approximate surface area is 156 Å². The maximum atomic E-state index is 4.78. The monoisotopic (exact) mass is 354 g/mol. The van der Waals surface area contributed by atoms with Crippen LogP contribution in [-0.4, -0.2) is 24.5 Å². The van der Waals surface area contributed by atoms with Crippen LogP contribution in [0.25, 0.3) is 28.6 Å². The molecule has 6 heteroatoms. The predicted molar refractivity (Wildman–Crippen MR) is 106 cm³/mol. The second kappa shape index (κ2) is 6.64. The summed E-state index contributed by atoms with van der Waals surface area (Å²) >= 11 is 0. The number of rotatable bonds is 5. The van der Waals surface area contributed by atoms with E-state index in [1.165, 1.54) is 0 Å². The molecule has 0 unspecified atom stereocenters. The summed E-state index contributed by atoms with van der Waals surface area (Å²) in [6.45, 7) is 0. The zero-order valence-corrected chi connectivity index (χ0v) is 14.7. The highest BCUT2D eigenvalue weighted by molar-refractivity contribution is 5.78. The van der Waals surface area contributed by atoms with Gasteiger partial charge < -0.3 is 9.88 Å². The van der Waals surface area contributed by atoms with Crippen LogP contribution in [0.4, 0.5) is 5.95 Å². The highest BCUT2D eigenvalue weighted by Gasteiger charge is 2.29. The molecule has 3 heterocycles. The van der Waals surface area contributed by atoms with Gasteiger partial charge in [0.15, 0.2) is 5.65 Å². The number of nitrogens with zero attached hydrogens (tertiary/aromatic N) is 5. The van der Waals surface area contributed by atoms with Gasteiger partial charge in [0.2, 0.25) is 5.95 Å². The molecular weight excluding hydrogens is 336 g/mol. The van der Waals surface area contributed by atoms with E-state index in [-0.39, 0.29) is 0 Å². The fraction of sp³-hybridized carbons (Fsp3) is 0.143. The van der Waals surface area contributed by atoms with Crippen molar-refractivity contribution in [3.8, 4) is 11.4 Å². The quantitative estimate of drug-likeness (QED) is 0.578. The normalized spacial score (nSPS) is 14.1. The van der Waals surface area contributed by atoms with Crippen molar-refractivity contribution in [1.29, 1.82) is 0 Å². The summed E-state index contributed by atoms with van der Waals surface area (Å²) in [5, 5.41) is 3.17. The van der Waals surface area contributed by atoms with Crippen molar-refractivity contribution in [2.45, 2.75) is 18.9 Å². The van der Waals surface area contributed by atoms with Gasteiger partial charge in [0.25, 0.3) is 0 Å². The van der Waals surface area contributed by atoms with E-state index < -0.39 is 0 Å². The largest absolute Gasteiger partial charge is 0.331 e. The molecule has 1 aliphatic rings. The Morgan fingerprint density at radius 2 is 1.81 bits per heavy atom. The summed E-state index contributed by atoms with van der Waals surface area (Å²) in [5.41, 5.74) is 3.85. The first-order valence-corrected chi connectivity index (χ1v) is 9.02. The first-order chi connectivity index (χ1) is 13.4. The molecular formula is C21H18N6. The minimum absolute atomic E-state index is 0.459. The molecule has 0 aliphatic heterocycles. The molecule has 3 aromatic heterocycles. The Morgan fingerprint density at radius 3 is 2.59 bits per heavy atom. The Hall–Kier alpha value is -3.54. The molecule has 5 rings (SSSR count). The van der Waals surface area contributed by atoms with Crippen molar-refractivity contribution in [1.82, 2.24) is 24.5 Å². The van der Waals surface area contributed by atoms with Gasteiger partial charge in [0, 0.05) is 30.2 Å². The zero-order valence-electron chi connectivity index (χ0n) is 14.7. The van der Waals surface area contributed by atoms with Crippen molar-refractivity contribution in [3.63, 3.8) is 0 Å². The smallest absolute Gasteiger partial charge is 0.228 e. The Bertz CT molecular complexity index is 1100. The fourth-order valence-corrected chi connectivity index (χ4v) is 3.12. The summed E-state index contributed by atoms with van der Waals surface area (Å²) in [6, 6.07) is 14.5. The SMILES string of the molecule is C(=Cc1ccccc1)Nc1ncc2nc(-c3ccncc3)n(C3CC3)c2n1. The van der Waals surface area contributed by atoms with Crippen LogP contribution in [0.15, 0.2) is 67.3 Å². The fourth-order valence-electron chi connectivity index (χ4n) is 3.12. The van der Waals surface area contributed by atoms with E-state index in [4.69, 9.17) is 9.97 Å². The van der Waals surface area contributed by atoms with E-state index in [0.717, 1.165) is 41.0 Å². The number of anilines is 1. The summed E-state index contributed by atoms with van der Waals surface area (Å²) in [6.07, 6.45) is 11.5. The van der Waals surface area contributed by atoms with Crippen LogP contribution in [0.3, 0.4) is 0 Å². The molecule has 0 spiro atoms. The van der Waals surface area contributed by atoms with E-state index in [0.29, 0.717) is 12.0 Å². The minimum Gasteiger partial charge on any atom is -0.331 e. The van der Waals surface area contributed by atoms with E-state index >= 15 is 0 Å². The molecule has 1 aromatic carbocycles. The number of aromatic nitrogens is 5. The Morgan fingerprint density at radius 1 is 1.00 bits per heavy atom. The number of fused-ring (bicyclic) bond motifs is 1. The Kier molecular flexibility index (Phi) is 3.86. The van der Waals surface area contributed by atoms with Crippen LogP contribution in [-0.2, 0) is 0 Å². The summed E-state index contributed by atoms with van der Waals surface area (Å²) < 4.78 is 2.23. The molecule has 1 N–H and O–H groups in total. The third-order valence-corrected chi connectivity index (χ3v) is 4.57. The van der Waals surface area contributed by atoms with Gasteiger partial charge >= 0.3 is 0 Å². The summed E-state index contributed by atoms with van der Waals surface area (Å²) in [7, 11) is 0. The van der Waals surface area contributed by atoms with E-state index in [1.54, 1.807) is 18.6 Å². The van der Waals surface area contributed by atoms with Gasteiger partial charge in [-0.25, -0.2) is 9.97 Å². The van der Waals surface area contributed by atoms with Crippen molar-refractivity contribution in [2.24, 2.45) is 0 Å². The highest BCUT2D eigenvalue weighted by Crippen LogP contribution is 2.40. The lowest BCUT2D eigenvalue weighted by atomic mass is 10.2. The molecule has 0 saturated heterocycles. The van der Waals surface area contributed by atoms with Crippen LogP contribution in [0.1, 0.15) is 24.4 Å². The Balaban J connectivity index is 1.50. The molecule has 0 bridgehead atoms. The summed E-state index contributed by atoms with van der Waals surface area (Å²) in [5.74, 6) is 1.50. The first kappa shape index (κ1) is 15.7. The second-order valence-corrected chi connectivity index (χ2v) is 6.56. The summed E-state index contributed by atoms with van der Waals surface area (Å²) in [4.78, 5) is 18.0. The van der Waals surface area contributed by atoms with Gasteiger partial charge in [0.05, 0.1) is 6.20 Å². The van der Waals surface area contributed by atoms with Crippen LogP contribution in [0.5, 0.6) is 0 Å². The predicted octanol–water partition coefficient (Wildman–Crippen LogP) is 4.31. The molecule has 132 valence electrons. The van der Waals surface area contributed by atoms with Crippen LogP contribution in [0.2, 0.25) is 0 Å². The topological polar surface area (TPSA) is 68.5 Å². The maximum Gasteiger partial charge on any atom is 0.228 e. The van der Waals surface area contributed by atoms with Gasteiger partial charge in [-0.1, -0.05) is 30.3 Å². The van der Waals surface area contributed by atoms with Crippen LogP contribution in [0, 0.1) is 0 Å². The number of pyridine rings is 1. The number of hydrogen-bond donors (Lipinski definition) is 1. The van der Waals surface area contributed by atoms with E-state index in [2.05, 4.69) is 19.9 Å². The van der Waals surface area contributed by atoms with Gasteiger partial charge in [-0.3, -0.25) is 4.98 Å². The highest BCUT2D eigenvalue weighted by atomic mass is 15.2. The molecule has 1 saturated carbocycles. The standard InChI is InChI=1S/C21H18N6/c1-2-4-15(5-3-1)8-13-23-21-24-14-18-20(26-21)27(17-6-7-17)19(25-18)16-9-11-22-12-10-16/h1-5,8-14,17H,6-7H2,(H,23,24,26). The molecule has 6 nitrogen and oxygen atoms in total. The molecule has 1 aliphatic carbocycles. The number of nitrogens with one attached hydrogen (secondary N) is 1. The molecule has 1 fully saturated rings. The number of imidazole rings is 1. The van der Waals surface area contributed by atoms with Gasteiger partial charge in [0.1, 0.15) is 11.3 Å². The molecule has 4 aromatic rings. The third kappa shape index (κ3) is 3.17. The lowest BCUT2D eigenvalue weighted by Gasteiger charge is -2.07. The van der Waals surface area contributed by atoms with Gasteiger partial charge in [-0.15, -0.1) is 0 Å². The average Bonchev–Trinajstić information content (AvgIpc) is 3.49. The lowest BCUT2D eigenvalue weighted by Crippen LogP contribution is -2.01. The van der Waals surface area contributed by atoms with E-state index in [1.807, 2.05) is 54.7 Å². The van der Waals surface area contributed by atoms with E-state index in [9.17, 15) is 0 Å². The number of hydrogen-bond acceptors (Lipinski definition) is 5. The third-order valence-electron chi connectivity index (χ3n) is 4.57. The number of benzene rings is 1. The minimum atomic E-state index is 0.459. The molecule has 27 heavy (non-hydrogen) atoms. The molecule has 0 radical (unpaired) electrons. The lowest BCUT2D eigenvalue weighted by molar-refractivity contribution is 0.766. The zero-order chi connectivity index (χ0) is 18.1.